The minimum Gasteiger partial charge on any atom is -0.489 e. The van der Waals surface area contributed by atoms with Crippen molar-refractivity contribution in [2.75, 3.05) is 11.5 Å². The molecule has 3 heteroatoms. The monoisotopic (exact) mass is 297 g/mol. The van der Waals surface area contributed by atoms with Crippen molar-refractivity contribution in [2.45, 2.75) is 20.0 Å². The Labute approximate surface area is 130 Å². The minimum absolute atomic E-state index is 0.393. The Morgan fingerprint density at radius 3 is 2.29 bits per heavy atom. The summed E-state index contributed by atoms with van der Waals surface area (Å²) < 4.78 is 5.83. The van der Waals surface area contributed by atoms with Gasteiger partial charge in [0.05, 0.1) is 5.69 Å². The number of aryl methyl sites for hydroxylation is 2. The molecule has 3 rings (SSSR count). The summed E-state index contributed by atoms with van der Waals surface area (Å²) in [6.45, 7) is 4.19. The Morgan fingerprint density at radius 1 is 1.05 bits per heavy atom. The van der Waals surface area contributed by atoms with Crippen molar-refractivity contribution in [1.29, 1.82) is 0 Å². The van der Waals surface area contributed by atoms with Gasteiger partial charge in [0.15, 0.2) is 0 Å². The predicted octanol–water partition coefficient (Wildman–Crippen LogP) is 4.55. The minimum atomic E-state index is 0.393. The average molecular weight is 297 g/mol. The maximum atomic E-state index is 5.83. The van der Waals surface area contributed by atoms with Crippen LogP contribution in [0.1, 0.15) is 16.7 Å². The molecular formula is C18H19NOS. The van der Waals surface area contributed by atoms with Gasteiger partial charge in [-0.3, -0.25) is 4.99 Å². The third-order valence-electron chi connectivity index (χ3n) is 3.36. The van der Waals surface area contributed by atoms with Crippen LogP contribution in [0.3, 0.4) is 0 Å². The van der Waals surface area contributed by atoms with Crippen LogP contribution in [0.25, 0.3) is 0 Å². The van der Waals surface area contributed by atoms with E-state index in [0.717, 1.165) is 28.5 Å². The molecule has 1 fully saturated rings. The molecule has 0 saturated carbocycles. The molecule has 0 spiro atoms. The van der Waals surface area contributed by atoms with E-state index in [4.69, 9.17) is 4.74 Å². The molecule has 0 amide bonds. The molecule has 2 aromatic carbocycles. The Balaban J connectivity index is 1.67. The van der Waals surface area contributed by atoms with Crippen LogP contribution in [0.2, 0.25) is 0 Å². The highest BCUT2D eigenvalue weighted by Gasteiger charge is 2.19. The lowest BCUT2D eigenvalue weighted by Gasteiger charge is -2.25. The summed E-state index contributed by atoms with van der Waals surface area (Å²) in [6.07, 6.45) is 2.29. The van der Waals surface area contributed by atoms with Crippen molar-refractivity contribution in [3.05, 3.63) is 59.2 Å². The first-order valence-electron chi connectivity index (χ1n) is 7.16. The number of thioether (sulfide) groups is 1. The van der Waals surface area contributed by atoms with Gasteiger partial charge < -0.3 is 4.74 Å². The topological polar surface area (TPSA) is 21.6 Å². The maximum absolute atomic E-state index is 5.83. The number of aliphatic imine (C=N–C) groups is 1. The van der Waals surface area contributed by atoms with E-state index in [-0.39, 0.29) is 0 Å². The predicted molar refractivity (Wildman–Crippen MR) is 91.4 cm³/mol. The zero-order chi connectivity index (χ0) is 14.7. The molecule has 1 aliphatic heterocycles. The lowest BCUT2D eigenvalue weighted by atomic mass is 10.1. The van der Waals surface area contributed by atoms with Crippen LogP contribution in [0.4, 0.5) is 5.69 Å². The molecule has 0 atom stereocenters. The van der Waals surface area contributed by atoms with E-state index in [1.54, 1.807) is 0 Å². The second-order valence-electron chi connectivity index (χ2n) is 5.45. The van der Waals surface area contributed by atoms with Crippen LogP contribution >= 0.6 is 11.8 Å². The first-order chi connectivity index (χ1) is 10.2. The van der Waals surface area contributed by atoms with Crippen molar-refractivity contribution in [3.63, 3.8) is 0 Å². The van der Waals surface area contributed by atoms with Gasteiger partial charge in [-0.05, 0) is 66.9 Å². The highest BCUT2D eigenvalue weighted by atomic mass is 32.2. The molecule has 0 radical (unpaired) electrons. The van der Waals surface area contributed by atoms with Gasteiger partial charge in [-0.1, -0.05) is 6.07 Å². The van der Waals surface area contributed by atoms with Crippen LogP contribution in [-0.2, 0) is 0 Å². The summed E-state index contributed by atoms with van der Waals surface area (Å²) >= 11 is 1.93. The highest BCUT2D eigenvalue weighted by Crippen LogP contribution is 2.24. The van der Waals surface area contributed by atoms with Gasteiger partial charge in [0.2, 0.25) is 0 Å². The van der Waals surface area contributed by atoms with Crippen molar-refractivity contribution >= 4 is 23.7 Å². The van der Waals surface area contributed by atoms with Gasteiger partial charge in [0, 0.05) is 17.7 Å². The Morgan fingerprint density at radius 2 is 1.71 bits per heavy atom. The van der Waals surface area contributed by atoms with Gasteiger partial charge in [-0.25, -0.2) is 0 Å². The molecular weight excluding hydrogens is 278 g/mol. The van der Waals surface area contributed by atoms with Gasteiger partial charge >= 0.3 is 0 Å². The molecule has 0 unspecified atom stereocenters. The second-order valence-corrected chi connectivity index (χ2v) is 6.53. The summed E-state index contributed by atoms with van der Waals surface area (Å²) in [5.41, 5.74) is 4.57. The Hall–Kier alpha value is -1.74. The fourth-order valence-corrected chi connectivity index (χ4v) is 2.85. The Kier molecular flexibility index (Phi) is 4.30. The molecule has 2 aromatic rings. The third-order valence-corrected chi connectivity index (χ3v) is 4.57. The van der Waals surface area contributed by atoms with E-state index in [9.17, 15) is 0 Å². The van der Waals surface area contributed by atoms with Gasteiger partial charge in [0.1, 0.15) is 11.9 Å². The third kappa shape index (κ3) is 3.88. The Bertz CT molecular complexity index is 625. The molecule has 0 N–H and O–H groups in total. The van der Waals surface area contributed by atoms with E-state index in [1.807, 2.05) is 42.2 Å². The summed E-state index contributed by atoms with van der Waals surface area (Å²) in [4.78, 5) is 4.55. The van der Waals surface area contributed by atoms with Crippen LogP contribution in [-0.4, -0.2) is 23.8 Å². The second kappa shape index (κ2) is 6.35. The van der Waals surface area contributed by atoms with Crippen LogP contribution in [0, 0.1) is 13.8 Å². The van der Waals surface area contributed by atoms with Gasteiger partial charge in [0.25, 0.3) is 0 Å². The first kappa shape index (κ1) is 14.2. The van der Waals surface area contributed by atoms with Crippen molar-refractivity contribution in [3.8, 4) is 5.75 Å². The quantitative estimate of drug-likeness (QED) is 0.772. The zero-order valence-corrected chi connectivity index (χ0v) is 13.2. The van der Waals surface area contributed by atoms with Crippen LogP contribution < -0.4 is 4.74 Å². The standard InChI is InChI=1S/C18H19NOS/c1-13-7-14(2)9-16(8-13)19-10-15-3-5-17(6-4-15)20-18-11-21-12-18/h3-10,18H,11-12H2,1-2H3. The van der Waals surface area contributed by atoms with E-state index in [2.05, 4.69) is 37.0 Å². The molecule has 0 aromatic heterocycles. The first-order valence-corrected chi connectivity index (χ1v) is 8.31. The molecule has 1 aliphatic rings. The number of hydrogen-bond donors (Lipinski definition) is 0. The lowest BCUT2D eigenvalue weighted by molar-refractivity contribution is 0.240. The molecule has 0 aliphatic carbocycles. The van der Waals surface area contributed by atoms with Crippen LogP contribution in [0.15, 0.2) is 47.5 Å². The largest absolute Gasteiger partial charge is 0.489 e. The average Bonchev–Trinajstić information content (AvgIpc) is 2.41. The lowest BCUT2D eigenvalue weighted by Crippen LogP contribution is -2.30. The summed E-state index contributed by atoms with van der Waals surface area (Å²) in [5.74, 6) is 3.16. The fourth-order valence-electron chi connectivity index (χ4n) is 2.28. The molecule has 108 valence electrons. The molecule has 0 bridgehead atoms. The van der Waals surface area contributed by atoms with E-state index >= 15 is 0 Å². The van der Waals surface area contributed by atoms with Crippen molar-refractivity contribution in [1.82, 2.24) is 0 Å². The number of benzene rings is 2. The van der Waals surface area contributed by atoms with Crippen LogP contribution in [0.5, 0.6) is 5.75 Å². The molecule has 21 heavy (non-hydrogen) atoms. The number of ether oxygens (including phenoxy) is 1. The van der Waals surface area contributed by atoms with Gasteiger partial charge in [-0.2, -0.15) is 11.8 Å². The van der Waals surface area contributed by atoms with E-state index in [1.165, 1.54) is 11.1 Å². The zero-order valence-electron chi connectivity index (χ0n) is 12.4. The SMILES string of the molecule is Cc1cc(C)cc(N=Cc2ccc(OC3CSC3)cc2)c1. The fraction of sp³-hybridized carbons (Fsp3) is 0.278. The molecule has 2 nitrogen and oxygen atoms in total. The van der Waals surface area contributed by atoms with Crippen molar-refractivity contribution < 1.29 is 4.74 Å². The van der Waals surface area contributed by atoms with Crippen molar-refractivity contribution in [2.24, 2.45) is 4.99 Å². The van der Waals surface area contributed by atoms with Gasteiger partial charge in [-0.15, -0.1) is 0 Å². The summed E-state index contributed by atoms with van der Waals surface area (Å²) in [7, 11) is 0. The molecule has 1 heterocycles. The smallest absolute Gasteiger partial charge is 0.119 e. The normalized spacial score (nSPS) is 15.1. The number of rotatable bonds is 4. The van der Waals surface area contributed by atoms with E-state index in [0.29, 0.717) is 6.10 Å². The van der Waals surface area contributed by atoms with E-state index < -0.39 is 0 Å². The highest BCUT2D eigenvalue weighted by molar-refractivity contribution is 8.00. The maximum Gasteiger partial charge on any atom is 0.119 e. The molecule has 1 saturated heterocycles. The number of nitrogens with zero attached hydrogens (tertiary/aromatic N) is 1. The number of hydrogen-bond acceptors (Lipinski definition) is 3. The summed E-state index contributed by atoms with van der Waals surface area (Å²) in [6, 6.07) is 14.5. The summed E-state index contributed by atoms with van der Waals surface area (Å²) in [5, 5.41) is 0.